The van der Waals surface area contributed by atoms with Gasteiger partial charge >= 0.3 is 0 Å². The molecule has 2 rings (SSSR count). The molecular weight excluding hydrogens is 348 g/mol. The molecule has 0 aliphatic rings. The largest absolute Gasteiger partial charge is 0.382 e. The van der Waals surface area contributed by atoms with Crippen molar-refractivity contribution in [3.8, 4) is 0 Å². The van der Waals surface area contributed by atoms with Crippen LogP contribution in [0.1, 0.15) is 41.7 Å². The second-order valence-corrected chi connectivity index (χ2v) is 7.19. The highest BCUT2D eigenvalue weighted by Gasteiger charge is 2.06. The molecule has 0 unspecified atom stereocenters. The predicted molar refractivity (Wildman–Crippen MR) is 107 cm³/mol. The Morgan fingerprint density at radius 1 is 1.23 bits per heavy atom. The number of nitrogens with zero attached hydrogens (tertiary/aromatic N) is 4. The fraction of sp³-hybridized carbons (Fsp3) is 0.611. The van der Waals surface area contributed by atoms with E-state index in [0.717, 1.165) is 56.8 Å². The molecule has 144 valence electrons. The van der Waals surface area contributed by atoms with E-state index in [0.29, 0.717) is 6.54 Å². The fourth-order valence-electron chi connectivity index (χ4n) is 2.32. The number of hydrogen-bond donors (Lipinski definition) is 2. The molecule has 8 heteroatoms. The van der Waals surface area contributed by atoms with Crippen LogP contribution in [0.3, 0.4) is 0 Å². The minimum atomic E-state index is 0.489. The van der Waals surface area contributed by atoms with E-state index < -0.39 is 0 Å². The van der Waals surface area contributed by atoms with E-state index >= 15 is 0 Å². The Labute approximate surface area is 159 Å². The zero-order valence-electron chi connectivity index (χ0n) is 16.2. The van der Waals surface area contributed by atoms with Crippen molar-refractivity contribution >= 4 is 17.3 Å². The number of aliphatic imine (C=N–C) groups is 1. The number of hydrogen-bond acceptors (Lipinski definition) is 5. The molecule has 2 heterocycles. The third kappa shape index (κ3) is 6.42. The summed E-state index contributed by atoms with van der Waals surface area (Å²) in [5.41, 5.74) is 0. The van der Waals surface area contributed by atoms with Crippen molar-refractivity contribution in [1.29, 1.82) is 0 Å². The van der Waals surface area contributed by atoms with Gasteiger partial charge < -0.3 is 19.9 Å². The number of rotatable bonds is 10. The Kier molecular flexibility index (Phi) is 8.57. The first-order valence-corrected chi connectivity index (χ1v) is 9.98. The van der Waals surface area contributed by atoms with Gasteiger partial charge in [-0.25, -0.2) is 4.99 Å². The third-order valence-corrected chi connectivity index (χ3v) is 5.25. The smallest absolute Gasteiger partial charge is 0.192 e. The summed E-state index contributed by atoms with van der Waals surface area (Å²) in [6, 6.07) is 4.37. The van der Waals surface area contributed by atoms with Gasteiger partial charge in [-0.3, -0.25) is 0 Å². The van der Waals surface area contributed by atoms with Crippen molar-refractivity contribution in [2.75, 3.05) is 19.8 Å². The first-order valence-electron chi connectivity index (χ1n) is 9.16. The summed E-state index contributed by atoms with van der Waals surface area (Å²) in [5.74, 6) is 2.52. The quantitative estimate of drug-likeness (QED) is 0.377. The van der Waals surface area contributed by atoms with E-state index in [1.165, 1.54) is 9.75 Å². The van der Waals surface area contributed by atoms with Gasteiger partial charge in [-0.2, -0.15) is 0 Å². The maximum atomic E-state index is 5.39. The van der Waals surface area contributed by atoms with Gasteiger partial charge in [0.05, 0.1) is 6.54 Å². The number of nitrogens with one attached hydrogen (secondary N) is 2. The average molecular weight is 379 g/mol. The Bertz CT molecular complexity index is 694. The summed E-state index contributed by atoms with van der Waals surface area (Å²) in [6.45, 7) is 9.70. The van der Waals surface area contributed by atoms with Crippen LogP contribution < -0.4 is 10.6 Å². The Hall–Kier alpha value is -1.93. The van der Waals surface area contributed by atoms with Crippen LogP contribution in [0.15, 0.2) is 17.1 Å². The molecule has 2 aromatic heterocycles. The third-order valence-electron chi connectivity index (χ3n) is 4.02. The van der Waals surface area contributed by atoms with E-state index in [1.807, 2.05) is 36.8 Å². The van der Waals surface area contributed by atoms with Crippen molar-refractivity contribution in [3.63, 3.8) is 0 Å². The Morgan fingerprint density at radius 3 is 2.69 bits per heavy atom. The molecule has 7 nitrogen and oxygen atoms in total. The molecule has 0 radical (unpaired) electrons. The molecule has 0 spiro atoms. The zero-order valence-corrected chi connectivity index (χ0v) is 17.0. The van der Waals surface area contributed by atoms with Crippen LogP contribution in [-0.4, -0.2) is 40.5 Å². The molecular formula is C18H30N6OS. The summed E-state index contributed by atoms with van der Waals surface area (Å²) in [7, 11) is 1.96. The van der Waals surface area contributed by atoms with E-state index in [4.69, 9.17) is 4.74 Å². The first-order chi connectivity index (χ1) is 12.6. The SMILES string of the molecule is CCOCCCNC(=NCc1nnc(C)n1C)NCc1ccc(CC)s1. The summed E-state index contributed by atoms with van der Waals surface area (Å²) in [6.07, 6.45) is 2.02. The van der Waals surface area contributed by atoms with E-state index in [2.05, 4.69) is 44.9 Å². The molecule has 0 saturated carbocycles. The average Bonchev–Trinajstić information content (AvgIpc) is 3.24. The molecule has 0 saturated heterocycles. The van der Waals surface area contributed by atoms with Crippen molar-refractivity contribution in [3.05, 3.63) is 33.5 Å². The van der Waals surface area contributed by atoms with Crippen molar-refractivity contribution in [2.45, 2.75) is 46.7 Å². The second-order valence-electron chi connectivity index (χ2n) is 5.94. The van der Waals surface area contributed by atoms with Gasteiger partial charge in [-0.15, -0.1) is 21.5 Å². The van der Waals surface area contributed by atoms with E-state index in [-0.39, 0.29) is 0 Å². The highest BCUT2D eigenvalue weighted by atomic mass is 32.1. The lowest BCUT2D eigenvalue weighted by Gasteiger charge is -2.12. The summed E-state index contributed by atoms with van der Waals surface area (Å²) in [5, 5.41) is 15.0. The van der Waals surface area contributed by atoms with Crippen molar-refractivity contribution in [1.82, 2.24) is 25.4 Å². The minimum Gasteiger partial charge on any atom is -0.382 e. The Morgan fingerprint density at radius 2 is 2.04 bits per heavy atom. The topological polar surface area (TPSA) is 76.4 Å². The molecule has 2 aromatic rings. The first kappa shape index (κ1) is 20.4. The number of aromatic nitrogens is 3. The van der Waals surface area contributed by atoms with Gasteiger partial charge in [0.15, 0.2) is 11.8 Å². The summed E-state index contributed by atoms with van der Waals surface area (Å²) in [4.78, 5) is 7.37. The van der Waals surface area contributed by atoms with Gasteiger partial charge in [0, 0.05) is 36.6 Å². The summed E-state index contributed by atoms with van der Waals surface area (Å²) >= 11 is 1.84. The van der Waals surface area contributed by atoms with Crippen LogP contribution in [0.5, 0.6) is 0 Å². The lowest BCUT2D eigenvalue weighted by molar-refractivity contribution is 0.145. The number of guanidine groups is 1. The van der Waals surface area contributed by atoms with Crippen LogP contribution in [0, 0.1) is 6.92 Å². The molecule has 0 aliphatic heterocycles. The molecule has 0 aromatic carbocycles. The molecule has 0 amide bonds. The molecule has 26 heavy (non-hydrogen) atoms. The monoisotopic (exact) mass is 378 g/mol. The zero-order chi connectivity index (χ0) is 18.8. The molecule has 2 N–H and O–H groups in total. The maximum Gasteiger partial charge on any atom is 0.192 e. The fourth-order valence-corrected chi connectivity index (χ4v) is 3.21. The maximum absolute atomic E-state index is 5.39. The van der Waals surface area contributed by atoms with Gasteiger partial charge in [0.1, 0.15) is 12.4 Å². The van der Waals surface area contributed by atoms with Crippen LogP contribution >= 0.6 is 11.3 Å². The highest BCUT2D eigenvalue weighted by Crippen LogP contribution is 2.16. The summed E-state index contributed by atoms with van der Waals surface area (Å²) < 4.78 is 7.35. The van der Waals surface area contributed by atoms with Crippen molar-refractivity contribution in [2.24, 2.45) is 12.0 Å². The van der Waals surface area contributed by atoms with Crippen LogP contribution in [-0.2, 0) is 31.3 Å². The van der Waals surface area contributed by atoms with Crippen molar-refractivity contribution < 1.29 is 4.74 Å². The van der Waals surface area contributed by atoms with E-state index in [1.54, 1.807) is 0 Å². The molecule has 0 fully saturated rings. The normalized spacial score (nSPS) is 11.8. The molecule has 0 aliphatic carbocycles. The number of aryl methyl sites for hydroxylation is 2. The van der Waals surface area contributed by atoms with Gasteiger partial charge in [0.2, 0.25) is 0 Å². The second kappa shape index (κ2) is 10.9. The number of ether oxygens (including phenoxy) is 1. The molecule has 0 bridgehead atoms. The van der Waals surface area contributed by atoms with Gasteiger partial charge in [-0.1, -0.05) is 6.92 Å². The van der Waals surface area contributed by atoms with Crippen LogP contribution in [0.2, 0.25) is 0 Å². The van der Waals surface area contributed by atoms with Crippen LogP contribution in [0.4, 0.5) is 0 Å². The Balaban J connectivity index is 1.93. The number of thiophene rings is 1. The van der Waals surface area contributed by atoms with E-state index in [9.17, 15) is 0 Å². The minimum absolute atomic E-state index is 0.489. The standard InChI is InChI=1S/C18H30N6OS/c1-5-15-8-9-16(26-15)12-20-18(19-10-7-11-25-6-2)21-13-17-23-22-14(3)24(17)4/h8-9H,5-7,10-13H2,1-4H3,(H2,19,20,21). The van der Waals surface area contributed by atoms with Gasteiger partial charge in [0.25, 0.3) is 0 Å². The predicted octanol–water partition coefficient (Wildman–Crippen LogP) is 2.41. The van der Waals surface area contributed by atoms with Gasteiger partial charge in [-0.05, 0) is 38.8 Å². The van der Waals surface area contributed by atoms with Crippen LogP contribution in [0.25, 0.3) is 0 Å². The lowest BCUT2D eigenvalue weighted by Crippen LogP contribution is -2.37. The lowest BCUT2D eigenvalue weighted by atomic mass is 10.3. The molecule has 0 atom stereocenters. The highest BCUT2D eigenvalue weighted by molar-refractivity contribution is 7.11.